The number of anilines is 1. The van der Waals surface area contributed by atoms with E-state index in [1.807, 2.05) is 6.07 Å². The number of nitrogens with zero attached hydrogens (tertiary/aromatic N) is 1. The van der Waals surface area contributed by atoms with E-state index in [1.54, 1.807) is 67.8 Å². The lowest BCUT2D eigenvalue weighted by atomic mass is 10.1. The van der Waals surface area contributed by atoms with Crippen LogP contribution in [0.5, 0.6) is 17.2 Å². The molecular weight excluding hydrogens is 463 g/mol. The van der Waals surface area contributed by atoms with Gasteiger partial charge in [-0.05, 0) is 54.6 Å². The molecule has 0 aliphatic rings. The largest absolute Gasteiger partial charge is 0.497 e. The minimum absolute atomic E-state index is 0.0730. The van der Waals surface area contributed by atoms with Crippen molar-refractivity contribution < 1.29 is 19.0 Å². The van der Waals surface area contributed by atoms with Crippen LogP contribution in [0.1, 0.15) is 11.1 Å². The zero-order valence-electron chi connectivity index (χ0n) is 17.9. The third-order valence-corrected chi connectivity index (χ3v) is 5.21. The van der Waals surface area contributed by atoms with Crippen LogP contribution in [0.2, 0.25) is 10.0 Å². The summed E-state index contributed by atoms with van der Waals surface area (Å²) >= 11 is 12.1. The molecule has 0 unspecified atom stereocenters. The first-order chi connectivity index (χ1) is 15.9. The second-order valence-corrected chi connectivity index (χ2v) is 7.62. The molecule has 0 heterocycles. The van der Waals surface area contributed by atoms with Gasteiger partial charge in [0, 0.05) is 32.9 Å². The summed E-state index contributed by atoms with van der Waals surface area (Å²) in [6.07, 6.45) is 1.46. The van der Waals surface area contributed by atoms with Crippen LogP contribution in [-0.2, 0) is 11.4 Å². The first kappa shape index (κ1) is 24.0. The Labute approximate surface area is 201 Å². The van der Waals surface area contributed by atoms with Crippen molar-refractivity contribution in [2.45, 2.75) is 6.61 Å². The summed E-state index contributed by atoms with van der Waals surface area (Å²) in [6.45, 7) is 0.271. The van der Waals surface area contributed by atoms with E-state index in [4.69, 9.17) is 37.4 Å². The molecule has 0 saturated heterocycles. The Bertz CT molecular complexity index is 1220. The van der Waals surface area contributed by atoms with Crippen LogP contribution in [0.15, 0.2) is 66.2 Å². The van der Waals surface area contributed by atoms with Crippen LogP contribution in [0, 0.1) is 11.3 Å². The summed E-state index contributed by atoms with van der Waals surface area (Å²) in [5, 5.41) is 13.3. The normalized spacial score (nSPS) is 10.8. The van der Waals surface area contributed by atoms with Gasteiger partial charge in [0.15, 0.2) is 0 Å². The van der Waals surface area contributed by atoms with Crippen LogP contribution in [0.25, 0.3) is 6.08 Å². The Morgan fingerprint density at radius 1 is 1.00 bits per heavy atom. The number of nitrogens with one attached hydrogen (secondary N) is 1. The molecule has 3 aromatic carbocycles. The number of benzene rings is 3. The Hall–Kier alpha value is -3.66. The highest BCUT2D eigenvalue weighted by atomic mass is 35.5. The van der Waals surface area contributed by atoms with Gasteiger partial charge in [0.1, 0.15) is 35.5 Å². The lowest BCUT2D eigenvalue weighted by Crippen LogP contribution is -2.13. The number of hydrogen-bond donors (Lipinski definition) is 1. The fraction of sp³-hybridized carbons (Fsp3) is 0.120. The van der Waals surface area contributed by atoms with Crippen LogP contribution in [0.3, 0.4) is 0 Å². The zero-order valence-corrected chi connectivity index (χ0v) is 19.4. The summed E-state index contributed by atoms with van der Waals surface area (Å²) in [6, 6.07) is 19.0. The Kier molecular flexibility index (Phi) is 8.20. The molecule has 8 heteroatoms. The van der Waals surface area contributed by atoms with Gasteiger partial charge < -0.3 is 19.5 Å². The number of carbonyl (C=O) groups is 1. The summed E-state index contributed by atoms with van der Waals surface area (Å²) in [5.41, 5.74) is 1.82. The third-order valence-electron chi connectivity index (χ3n) is 4.63. The lowest BCUT2D eigenvalue weighted by molar-refractivity contribution is -0.112. The van der Waals surface area contributed by atoms with Crippen molar-refractivity contribution in [2.75, 3.05) is 19.5 Å². The second kappa shape index (κ2) is 11.3. The van der Waals surface area contributed by atoms with Crippen molar-refractivity contribution in [3.8, 4) is 23.3 Å². The molecule has 1 N–H and O–H groups in total. The Balaban J connectivity index is 1.66. The van der Waals surface area contributed by atoms with Crippen molar-refractivity contribution in [3.63, 3.8) is 0 Å². The number of hydrogen-bond acceptors (Lipinski definition) is 5. The van der Waals surface area contributed by atoms with Crippen molar-refractivity contribution in [1.82, 2.24) is 0 Å². The van der Waals surface area contributed by atoms with Gasteiger partial charge in [-0.25, -0.2) is 0 Å². The molecule has 3 rings (SSSR count). The number of amides is 1. The van der Waals surface area contributed by atoms with Crippen LogP contribution >= 0.6 is 23.2 Å². The molecule has 0 aliphatic carbocycles. The summed E-state index contributed by atoms with van der Waals surface area (Å²) < 4.78 is 16.2. The number of nitriles is 1. The first-order valence-electron chi connectivity index (χ1n) is 9.75. The van der Waals surface area contributed by atoms with E-state index in [0.29, 0.717) is 38.5 Å². The van der Waals surface area contributed by atoms with Crippen LogP contribution < -0.4 is 19.5 Å². The van der Waals surface area contributed by atoms with Gasteiger partial charge in [-0.1, -0.05) is 29.3 Å². The highest BCUT2D eigenvalue weighted by Gasteiger charge is 2.12. The van der Waals surface area contributed by atoms with Gasteiger partial charge in [0.25, 0.3) is 5.91 Å². The smallest absolute Gasteiger partial charge is 0.266 e. The third kappa shape index (κ3) is 6.42. The molecule has 0 radical (unpaired) electrons. The number of carbonyl (C=O) groups excluding carboxylic acids is 1. The van der Waals surface area contributed by atoms with Gasteiger partial charge in [-0.2, -0.15) is 5.26 Å². The van der Waals surface area contributed by atoms with Crippen molar-refractivity contribution in [2.24, 2.45) is 0 Å². The average molecular weight is 483 g/mol. The van der Waals surface area contributed by atoms with E-state index >= 15 is 0 Å². The molecule has 0 aromatic heterocycles. The van der Waals surface area contributed by atoms with Gasteiger partial charge in [-0.3, -0.25) is 4.79 Å². The van der Waals surface area contributed by atoms with Crippen LogP contribution in [-0.4, -0.2) is 20.1 Å². The van der Waals surface area contributed by atoms with Gasteiger partial charge >= 0.3 is 0 Å². The maximum atomic E-state index is 12.6. The first-order valence-corrected chi connectivity index (χ1v) is 10.5. The van der Waals surface area contributed by atoms with Gasteiger partial charge in [-0.15, -0.1) is 0 Å². The number of rotatable bonds is 8. The fourth-order valence-electron chi connectivity index (χ4n) is 2.87. The maximum absolute atomic E-state index is 12.6. The molecular formula is C25H20Cl2N2O4. The molecule has 0 fully saturated rings. The van der Waals surface area contributed by atoms with Crippen molar-refractivity contribution in [1.29, 1.82) is 5.26 Å². The van der Waals surface area contributed by atoms with Crippen molar-refractivity contribution >= 4 is 40.9 Å². The molecule has 3 aromatic rings. The van der Waals surface area contributed by atoms with Gasteiger partial charge in [0.05, 0.1) is 14.2 Å². The molecule has 6 nitrogen and oxygen atoms in total. The molecule has 33 heavy (non-hydrogen) atoms. The van der Waals surface area contributed by atoms with E-state index in [-0.39, 0.29) is 12.2 Å². The molecule has 0 atom stereocenters. The molecule has 1 amide bonds. The highest BCUT2D eigenvalue weighted by Crippen LogP contribution is 2.27. The quantitative estimate of drug-likeness (QED) is 0.308. The zero-order chi connectivity index (χ0) is 23.8. The Morgan fingerprint density at radius 2 is 1.73 bits per heavy atom. The van der Waals surface area contributed by atoms with E-state index in [1.165, 1.54) is 13.2 Å². The number of halogens is 2. The van der Waals surface area contributed by atoms with E-state index < -0.39 is 5.91 Å². The summed E-state index contributed by atoms with van der Waals surface area (Å²) in [5.74, 6) is 1.14. The molecule has 0 aliphatic heterocycles. The van der Waals surface area contributed by atoms with Gasteiger partial charge in [0.2, 0.25) is 0 Å². The Morgan fingerprint density at radius 3 is 2.36 bits per heavy atom. The predicted molar refractivity (Wildman–Crippen MR) is 129 cm³/mol. The molecule has 168 valence electrons. The SMILES string of the molecule is COc1ccc(/C=C(\C#N)C(=O)Nc2ccc(OCc3ccc(Cl)cc3Cl)cc2)c(OC)c1. The minimum Gasteiger partial charge on any atom is -0.497 e. The van der Waals surface area contributed by atoms with E-state index in [9.17, 15) is 10.1 Å². The van der Waals surface area contributed by atoms with Crippen molar-refractivity contribution in [3.05, 3.63) is 87.4 Å². The molecule has 0 spiro atoms. The second-order valence-electron chi connectivity index (χ2n) is 6.78. The minimum atomic E-state index is -0.544. The summed E-state index contributed by atoms with van der Waals surface area (Å²) in [4.78, 5) is 12.6. The number of ether oxygens (including phenoxy) is 3. The van der Waals surface area contributed by atoms with E-state index in [0.717, 1.165) is 5.56 Å². The van der Waals surface area contributed by atoms with Crippen LogP contribution in [0.4, 0.5) is 5.69 Å². The average Bonchev–Trinajstić information content (AvgIpc) is 2.82. The standard InChI is InChI=1S/C25H20Cl2N2O4/c1-31-22-8-4-16(24(13-22)32-2)11-18(14-28)25(30)29-20-6-9-21(10-7-20)33-15-17-3-5-19(26)12-23(17)27/h3-13H,15H2,1-2H3,(H,29,30)/b18-11+. The monoisotopic (exact) mass is 482 g/mol. The van der Waals surface area contributed by atoms with E-state index in [2.05, 4.69) is 5.32 Å². The number of methoxy groups -OCH3 is 2. The highest BCUT2D eigenvalue weighted by molar-refractivity contribution is 6.35. The topological polar surface area (TPSA) is 80.6 Å². The molecule has 0 saturated carbocycles. The summed E-state index contributed by atoms with van der Waals surface area (Å²) in [7, 11) is 3.05. The lowest BCUT2D eigenvalue weighted by Gasteiger charge is -2.10. The maximum Gasteiger partial charge on any atom is 0.266 e. The molecule has 0 bridgehead atoms. The fourth-order valence-corrected chi connectivity index (χ4v) is 3.34. The predicted octanol–water partition coefficient (Wildman–Crippen LogP) is 6.14.